The monoisotopic (exact) mass is 669 g/mol. The molecule has 1 fully saturated rings. The second-order valence-electron chi connectivity index (χ2n) is 12.7. The molecular formula is C39H44FN3O4S. The minimum Gasteiger partial charge on any atom is -0.352 e. The van der Waals surface area contributed by atoms with Crippen LogP contribution in [0.15, 0.2) is 102 Å². The van der Waals surface area contributed by atoms with E-state index in [2.05, 4.69) is 5.32 Å². The molecule has 1 atom stereocenters. The molecule has 0 bridgehead atoms. The van der Waals surface area contributed by atoms with Crippen LogP contribution in [0.5, 0.6) is 0 Å². The van der Waals surface area contributed by atoms with Crippen molar-refractivity contribution in [3.63, 3.8) is 0 Å². The summed E-state index contributed by atoms with van der Waals surface area (Å²) in [6.45, 7) is 4.77. The van der Waals surface area contributed by atoms with Gasteiger partial charge in [-0.15, -0.1) is 0 Å². The summed E-state index contributed by atoms with van der Waals surface area (Å²) in [5.41, 5.74) is 3.88. The Hall–Kier alpha value is -4.50. The predicted octanol–water partition coefficient (Wildman–Crippen LogP) is 7.04. The summed E-state index contributed by atoms with van der Waals surface area (Å²) in [4.78, 5) is 30.3. The highest BCUT2D eigenvalue weighted by molar-refractivity contribution is 7.92. The number of halogens is 1. The molecule has 0 spiro atoms. The number of hydrogen-bond acceptors (Lipinski definition) is 4. The van der Waals surface area contributed by atoms with Crippen molar-refractivity contribution in [1.29, 1.82) is 0 Å². The zero-order chi connectivity index (χ0) is 34.3. The summed E-state index contributed by atoms with van der Waals surface area (Å²) in [5.74, 6) is -1.47. The molecule has 0 aliphatic heterocycles. The molecule has 7 nitrogen and oxygen atoms in total. The van der Waals surface area contributed by atoms with Gasteiger partial charge >= 0.3 is 0 Å². The molecule has 0 heterocycles. The summed E-state index contributed by atoms with van der Waals surface area (Å²) in [6, 6.07) is 26.3. The minimum atomic E-state index is -4.24. The minimum absolute atomic E-state index is 0.0247. The molecule has 5 rings (SSSR count). The van der Waals surface area contributed by atoms with E-state index >= 15 is 4.39 Å². The van der Waals surface area contributed by atoms with Gasteiger partial charge < -0.3 is 10.2 Å². The molecule has 1 N–H and O–H groups in total. The molecule has 1 aliphatic rings. The van der Waals surface area contributed by atoms with Gasteiger partial charge in [-0.3, -0.25) is 13.9 Å². The highest BCUT2D eigenvalue weighted by atomic mass is 32.2. The molecule has 252 valence electrons. The van der Waals surface area contributed by atoms with E-state index in [9.17, 15) is 18.0 Å². The molecular weight excluding hydrogens is 626 g/mol. The van der Waals surface area contributed by atoms with Crippen LogP contribution in [0.3, 0.4) is 0 Å². The van der Waals surface area contributed by atoms with E-state index in [1.54, 1.807) is 42.5 Å². The van der Waals surface area contributed by atoms with Crippen molar-refractivity contribution < 1.29 is 22.4 Å². The van der Waals surface area contributed by atoms with Crippen LogP contribution in [0, 0.1) is 26.6 Å². The van der Waals surface area contributed by atoms with Crippen LogP contribution in [0.2, 0.25) is 0 Å². The zero-order valence-corrected chi connectivity index (χ0v) is 28.7. The third-order valence-corrected chi connectivity index (χ3v) is 11.0. The van der Waals surface area contributed by atoms with Crippen molar-refractivity contribution >= 4 is 27.5 Å². The van der Waals surface area contributed by atoms with Crippen LogP contribution in [-0.2, 0) is 32.6 Å². The largest absolute Gasteiger partial charge is 0.352 e. The number of carbonyl (C=O) groups is 2. The van der Waals surface area contributed by atoms with E-state index in [0.717, 1.165) is 53.1 Å². The molecule has 0 radical (unpaired) electrons. The predicted molar refractivity (Wildman–Crippen MR) is 188 cm³/mol. The van der Waals surface area contributed by atoms with E-state index < -0.39 is 34.3 Å². The number of nitrogens with one attached hydrogen (secondary N) is 1. The third-order valence-electron chi connectivity index (χ3n) is 9.25. The second-order valence-corrected chi connectivity index (χ2v) is 14.6. The van der Waals surface area contributed by atoms with Gasteiger partial charge in [-0.25, -0.2) is 12.8 Å². The van der Waals surface area contributed by atoms with Crippen LogP contribution in [0.25, 0.3) is 0 Å². The van der Waals surface area contributed by atoms with Gasteiger partial charge in [-0.05, 0) is 74.6 Å². The Balaban J connectivity index is 1.59. The van der Waals surface area contributed by atoms with Crippen LogP contribution < -0.4 is 9.62 Å². The number of rotatable bonds is 12. The molecule has 48 heavy (non-hydrogen) atoms. The topological polar surface area (TPSA) is 86.8 Å². The van der Waals surface area contributed by atoms with Crippen molar-refractivity contribution in [2.45, 2.75) is 82.8 Å². The van der Waals surface area contributed by atoms with Gasteiger partial charge in [-0.2, -0.15) is 0 Å². The van der Waals surface area contributed by atoms with E-state index in [1.165, 1.54) is 23.1 Å². The molecule has 1 aliphatic carbocycles. The van der Waals surface area contributed by atoms with Crippen LogP contribution >= 0.6 is 0 Å². The molecule has 4 aromatic carbocycles. The molecule has 2 amide bonds. The van der Waals surface area contributed by atoms with Gasteiger partial charge in [-0.1, -0.05) is 97.6 Å². The lowest BCUT2D eigenvalue weighted by atomic mass is 9.94. The maximum Gasteiger partial charge on any atom is 0.264 e. The van der Waals surface area contributed by atoms with Crippen molar-refractivity contribution in [2.24, 2.45) is 0 Å². The zero-order valence-electron chi connectivity index (χ0n) is 27.9. The Morgan fingerprint density at radius 1 is 0.833 bits per heavy atom. The van der Waals surface area contributed by atoms with Crippen LogP contribution in [0.1, 0.15) is 59.9 Å². The van der Waals surface area contributed by atoms with Gasteiger partial charge in [0.05, 0.1) is 10.6 Å². The molecule has 0 aromatic heterocycles. The molecule has 4 aromatic rings. The second kappa shape index (κ2) is 15.6. The molecule has 9 heteroatoms. The van der Waals surface area contributed by atoms with E-state index in [1.807, 2.05) is 57.2 Å². The average molecular weight is 670 g/mol. The molecule has 1 saturated carbocycles. The maximum atomic E-state index is 15.2. The summed E-state index contributed by atoms with van der Waals surface area (Å²) in [6.07, 6.45) is 5.00. The Morgan fingerprint density at radius 2 is 1.50 bits per heavy atom. The summed E-state index contributed by atoms with van der Waals surface area (Å²) < 4.78 is 45.0. The van der Waals surface area contributed by atoms with E-state index in [0.29, 0.717) is 11.3 Å². The van der Waals surface area contributed by atoms with Gasteiger partial charge in [0.25, 0.3) is 10.0 Å². The van der Waals surface area contributed by atoms with E-state index in [4.69, 9.17) is 0 Å². The summed E-state index contributed by atoms with van der Waals surface area (Å²) in [7, 11) is -4.24. The quantitative estimate of drug-likeness (QED) is 0.176. The van der Waals surface area contributed by atoms with Gasteiger partial charge in [0, 0.05) is 24.6 Å². The number of carbonyl (C=O) groups excluding carboxylic acids is 2. The average Bonchev–Trinajstić information content (AvgIpc) is 3.08. The third kappa shape index (κ3) is 8.31. The van der Waals surface area contributed by atoms with Crippen LogP contribution in [-0.4, -0.2) is 43.8 Å². The van der Waals surface area contributed by atoms with E-state index in [-0.39, 0.29) is 35.4 Å². The Kier molecular flexibility index (Phi) is 11.3. The van der Waals surface area contributed by atoms with Crippen molar-refractivity contribution in [1.82, 2.24) is 10.2 Å². The van der Waals surface area contributed by atoms with Crippen LogP contribution in [0.4, 0.5) is 10.1 Å². The Labute approximate surface area is 283 Å². The number of aryl methyl sites for hydroxylation is 2. The van der Waals surface area contributed by atoms with Gasteiger partial charge in [0.1, 0.15) is 18.4 Å². The lowest BCUT2D eigenvalue weighted by Crippen LogP contribution is -2.55. The fraction of sp³-hybridized carbons (Fsp3) is 0.333. The number of nitrogens with zero attached hydrogens (tertiary/aromatic N) is 2. The number of sulfonamides is 1. The highest BCUT2D eigenvalue weighted by Crippen LogP contribution is 2.30. The summed E-state index contributed by atoms with van der Waals surface area (Å²) in [5, 5.41) is 3.18. The summed E-state index contributed by atoms with van der Waals surface area (Å²) >= 11 is 0. The molecule has 0 unspecified atom stereocenters. The first-order valence-corrected chi connectivity index (χ1v) is 18.0. The van der Waals surface area contributed by atoms with Crippen molar-refractivity contribution in [3.05, 3.63) is 131 Å². The SMILES string of the molecule is Cc1ccc(S(=O)(=O)N(CC(=O)N(Cc2ccccc2F)[C@@H](Cc2ccccc2)C(=O)NC2CCCCC2)c2cccc(C)c2C)cc1. The number of amides is 2. The fourth-order valence-corrected chi connectivity index (χ4v) is 7.74. The number of hydrogen-bond donors (Lipinski definition) is 1. The van der Waals surface area contributed by atoms with Gasteiger partial charge in [0.15, 0.2) is 0 Å². The number of anilines is 1. The standard InChI is InChI=1S/C39H44FN3O4S/c1-28-21-23-34(24-22-28)48(46,47)43(36-20-12-13-29(2)30(36)3)27-38(44)42(26-32-16-10-11-19-35(32)40)37(25-31-14-6-4-7-15-31)39(45)41-33-17-8-5-9-18-33/h4,6-7,10-16,19-24,33,37H,5,8-9,17-18,25-27H2,1-3H3,(H,41,45)/t37-/m0/s1. The number of benzene rings is 4. The lowest BCUT2D eigenvalue weighted by Gasteiger charge is -2.35. The van der Waals surface area contributed by atoms with Crippen molar-refractivity contribution in [3.8, 4) is 0 Å². The maximum absolute atomic E-state index is 15.2. The lowest BCUT2D eigenvalue weighted by molar-refractivity contribution is -0.140. The first kappa shape index (κ1) is 34.8. The smallest absolute Gasteiger partial charge is 0.264 e. The highest BCUT2D eigenvalue weighted by Gasteiger charge is 2.36. The molecule has 0 saturated heterocycles. The Bertz CT molecular complexity index is 1820. The Morgan fingerprint density at radius 3 is 2.19 bits per heavy atom. The van der Waals surface area contributed by atoms with Crippen molar-refractivity contribution in [2.75, 3.05) is 10.8 Å². The first-order valence-electron chi connectivity index (χ1n) is 16.6. The van der Waals surface area contributed by atoms with Gasteiger partial charge in [0.2, 0.25) is 11.8 Å². The first-order chi connectivity index (χ1) is 23.0. The fourth-order valence-electron chi connectivity index (χ4n) is 6.26. The normalized spacial score (nSPS) is 14.2.